The number of hydrogen-bond donors (Lipinski definition) is 0. The SMILES string of the molecule is COCc1cccc(C=C(Br)Br)c1. The van der Waals surface area contributed by atoms with E-state index in [1.807, 2.05) is 24.3 Å². The molecular weight excluding hydrogens is 296 g/mol. The lowest BCUT2D eigenvalue weighted by Crippen LogP contribution is -1.86. The van der Waals surface area contributed by atoms with E-state index in [0.29, 0.717) is 6.61 Å². The molecule has 0 atom stereocenters. The Morgan fingerprint density at radius 2 is 2.23 bits per heavy atom. The van der Waals surface area contributed by atoms with Crippen LogP contribution in [-0.2, 0) is 11.3 Å². The molecule has 0 aliphatic heterocycles. The second-order valence-corrected chi connectivity index (χ2v) is 5.38. The normalized spacial score (nSPS) is 9.77. The van der Waals surface area contributed by atoms with Crippen molar-refractivity contribution in [2.75, 3.05) is 7.11 Å². The number of rotatable bonds is 3. The van der Waals surface area contributed by atoms with Crippen LogP contribution in [0.15, 0.2) is 27.7 Å². The summed E-state index contributed by atoms with van der Waals surface area (Å²) in [5.74, 6) is 0. The largest absolute Gasteiger partial charge is 0.380 e. The van der Waals surface area contributed by atoms with Gasteiger partial charge in [0.1, 0.15) is 0 Å². The van der Waals surface area contributed by atoms with Gasteiger partial charge in [-0.25, -0.2) is 0 Å². The molecule has 1 aromatic rings. The molecule has 0 spiro atoms. The highest BCUT2D eigenvalue weighted by molar-refractivity contribution is 9.28. The highest BCUT2D eigenvalue weighted by atomic mass is 79.9. The van der Waals surface area contributed by atoms with Gasteiger partial charge in [0.2, 0.25) is 0 Å². The molecule has 1 nitrogen and oxygen atoms in total. The van der Waals surface area contributed by atoms with Crippen LogP contribution >= 0.6 is 31.9 Å². The molecule has 0 saturated heterocycles. The fraction of sp³-hybridized carbons (Fsp3) is 0.200. The van der Waals surface area contributed by atoms with Gasteiger partial charge in [-0.05, 0) is 55.1 Å². The summed E-state index contributed by atoms with van der Waals surface area (Å²) >= 11 is 6.64. The quantitative estimate of drug-likeness (QED) is 0.822. The first-order chi connectivity index (χ1) is 6.22. The Hall–Kier alpha value is -0.120. The fourth-order valence-corrected chi connectivity index (χ4v) is 1.59. The Balaban J connectivity index is 2.85. The molecule has 0 fully saturated rings. The topological polar surface area (TPSA) is 9.23 Å². The Bertz CT molecular complexity index is 304. The van der Waals surface area contributed by atoms with E-state index in [2.05, 4.69) is 37.9 Å². The van der Waals surface area contributed by atoms with Crippen LogP contribution in [0.25, 0.3) is 6.08 Å². The van der Waals surface area contributed by atoms with Crippen molar-refractivity contribution >= 4 is 37.9 Å². The maximum atomic E-state index is 5.04. The molecule has 0 N–H and O–H groups in total. The van der Waals surface area contributed by atoms with Gasteiger partial charge in [0, 0.05) is 7.11 Å². The van der Waals surface area contributed by atoms with Gasteiger partial charge in [0.25, 0.3) is 0 Å². The zero-order valence-electron chi connectivity index (χ0n) is 7.26. The molecule has 0 amide bonds. The molecule has 3 heteroatoms. The molecular formula is C10H10Br2O. The Morgan fingerprint density at radius 3 is 2.85 bits per heavy atom. The minimum absolute atomic E-state index is 0.654. The average molecular weight is 306 g/mol. The predicted molar refractivity (Wildman–Crippen MR) is 63.0 cm³/mol. The van der Waals surface area contributed by atoms with E-state index in [1.54, 1.807) is 7.11 Å². The van der Waals surface area contributed by atoms with E-state index in [4.69, 9.17) is 4.74 Å². The minimum atomic E-state index is 0.654. The van der Waals surface area contributed by atoms with Gasteiger partial charge in [-0.15, -0.1) is 0 Å². The highest BCUT2D eigenvalue weighted by Crippen LogP contribution is 2.18. The van der Waals surface area contributed by atoms with Gasteiger partial charge in [-0.3, -0.25) is 0 Å². The molecule has 0 unspecified atom stereocenters. The van der Waals surface area contributed by atoms with E-state index in [9.17, 15) is 0 Å². The van der Waals surface area contributed by atoms with Crippen LogP contribution < -0.4 is 0 Å². The number of benzene rings is 1. The van der Waals surface area contributed by atoms with Crippen LogP contribution in [0.5, 0.6) is 0 Å². The summed E-state index contributed by atoms with van der Waals surface area (Å²) in [5, 5.41) is 0. The molecule has 70 valence electrons. The Labute approximate surface area is 95.1 Å². The van der Waals surface area contributed by atoms with Gasteiger partial charge < -0.3 is 4.74 Å². The molecule has 0 aromatic heterocycles. The number of methoxy groups -OCH3 is 1. The van der Waals surface area contributed by atoms with Crippen molar-refractivity contribution in [3.05, 3.63) is 38.8 Å². The van der Waals surface area contributed by atoms with Gasteiger partial charge in [0.15, 0.2) is 0 Å². The van der Waals surface area contributed by atoms with Crippen molar-refractivity contribution < 1.29 is 4.74 Å². The maximum Gasteiger partial charge on any atom is 0.0713 e. The van der Waals surface area contributed by atoms with Gasteiger partial charge >= 0.3 is 0 Å². The zero-order valence-corrected chi connectivity index (χ0v) is 10.4. The van der Waals surface area contributed by atoms with E-state index in [0.717, 1.165) is 8.96 Å². The molecule has 0 saturated carbocycles. The maximum absolute atomic E-state index is 5.04. The van der Waals surface area contributed by atoms with E-state index in [1.165, 1.54) is 5.56 Å². The molecule has 0 heterocycles. The smallest absolute Gasteiger partial charge is 0.0713 e. The lowest BCUT2D eigenvalue weighted by atomic mass is 10.1. The molecule has 0 aliphatic carbocycles. The van der Waals surface area contributed by atoms with Crippen LogP contribution in [0, 0.1) is 0 Å². The van der Waals surface area contributed by atoms with Crippen LogP contribution in [0.4, 0.5) is 0 Å². The van der Waals surface area contributed by atoms with Gasteiger partial charge in [-0.1, -0.05) is 18.2 Å². The highest BCUT2D eigenvalue weighted by Gasteiger charge is 1.93. The third kappa shape index (κ3) is 4.07. The summed E-state index contributed by atoms with van der Waals surface area (Å²) in [4.78, 5) is 0. The molecule has 0 radical (unpaired) electrons. The summed E-state index contributed by atoms with van der Waals surface area (Å²) in [6, 6.07) is 8.19. The van der Waals surface area contributed by atoms with Crippen LogP contribution in [-0.4, -0.2) is 7.11 Å². The minimum Gasteiger partial charge on any atom is -0.380 e. The summed E-state index contributed by atoms with van der Waals surface area (Å²) in [6.07, 6.45) is 2.00. The van der Waals surface area contributed by atoms with Crippen molar-refractivity contribution in [3.63, 3.8) is 0 Å². The predicted octanol–water partition coefficient (Wildman–Crippen LogP) is 3.92. The third-order valence-corrected chi connectivity index (χ3v) is 2.00. The van der Waals surface area contributed by atoms with E-state index >= 15 is 0 Å². The van der Waals surface area contributed by atoms with Crippen molar-refractivity contribution in [3.8, 4) is 0 Å². The summed E-state index contributed by atoms with van der Waals surface area (Å²) < 4.78 is 5.98. The van der Waals surface area contributed by atoms with Crippen molar-refractivity contribution in [1.82, 2.24) is 0 Å². The first-order valence-electron chi connectivity index (χ1n) is 3.83. The molecule has 0 bridgehead atoms. The zero-order chi connectivity index (χ0) is 9.68. The lowest BCUT2D eigenvalue weighted by Gasteiger charge is -2.00. The van der Waals surface area contributed by atoms with Crippen molar-refractivity contribution in [1.29, 1.82) is 0 Å². The number of ether oxygens (including phenoxy) is 1. The molecule has 1 aromatic carbocycles. The Morgan fingerprint density at radius 1 is 1.46 bits per heavy atom. The van der Waals surface area contributed by atoms with Crippen molar-refractivity contribution in [2.24, 2.45) is 0 Å². The standard InChI is InChI=1S/C10H10Br2O/c1-13-7-9-4-2-3-8(5-9)6-10(11)12/h2-6H,7H2,1H3. The van der Waals surface area contributed by atoms with Crippen LogP contribution in [0.2, 0.25) is 0 Å². The second kappa shape index (κ2) is 5.58. The molecule has 0 aliphatic rings. The van der Waals surface area contributed by atoms with Crippen molar-refractivity contribution in [2.45, 2.75) is 6.61 Å². The van der Waals surface area contributed by atoms with Crippen LogP contribution in [0.3, 0.4) is 0 Å². The van der Waals surface area contributed by atoms with Crippen LogP contribution in [0.1, 0.15) is 11.1 Å². The van der Waals surface area contributed by atoms with E-state index < -0.39 is 0 Å². The number of halogens is 2. The third-order valence-electron chi connectivity index (χ3n) is 1.54. The monoisotopic (exact) mass is 304 g/mol. The molecule has 1 rings (SSSR count). The first-order valence-corrected chi connectivity index (χ1v) is 5.41. The fourth-order valence-electron chi connectivity index (χ4n) is 1.07. The summed E-state index contributed by atoms with van der Waals surface area (Å²) in [5.41, 5.74) is 2.33. The summed E-state index contributed by atoms with van der Waals surface area (Å²) in [7, 11) is 1.70. The summed E-state index contributed by atoms with van der Waals surface area (Å²) in [6.45, 7) is 0.654. The first kappa shape index (κ1) is 11.0. The second-order valence-electron chi connectivity index (χ2n) is 2.61. The Kier molecular flexibility index (Phi) is 4.70. The van der Waals surface area contributed by atoms with E-state index in [-0.39, 0.29) is 0 Å². The van der Waals surface area contributed by atoms with Gasteiger partial charge in [0.05, 0.1) is 10.00 Å². The molecule has 13 heavy (non-hydrogen) atoms. The average Bonchev–Trinajstić information content (AvgIpc) is 2.04. The number of hydrogen-bond acceptors (Lipinski definition) is 1. The lowest BCUT2D eigenvalue weighted by molar-refractivity contribution is 0.185. The van der Waals surface area contributed by atoms with Gasteiger partial charge in [-0.2, -0.15) is 0 Å².